The molecule has 0 fully saturated rings. The van der Waals surface area contributed by atoms with Crippen LogP contribution in [-0.4, -0.2) is 33.7 Å². The molecule has 2 aromatic carbocycles. The lowest BCUT2D eigenvalue weighted by Crippen LogP contribution is -2.47. The molecule has 1 atom stereocenters. The Morgan fingerprint density at radius 3 is 2.41 bits per heavy atom. The summed E-state index contributed by atoms with van der Waals surface area (Å²) in [5.74, 6) is -0.684. The van der Waals surface area contributed by atoms with E-state index in [1.165, 1.54) is 25.3 Å². The predicted octanol–water partition coefficient (Wildman–Crippen LogP) is 3.67. The Morgan fingerprint density at radius 1 is 1.26 bits per heavy atom. The summed E-state index contributed by atoms with van der Waals surface area (Å²) in [6.45, 7) is 1.68. The third kappa shape index (κ3) is 5.11. The van der Waals surface area contributed by atoms with E-state index >= 15 is 0 Å². The topological polar surface area (TPSA) is 75.7 Å². The maximum Gasteiger partial charge on any atom is 0.248 e. The molecule has 146 valence electrons. The Hall–Kier alpha value is -2.32. The molecule has 2 rings (SSSR count). The van der Waals surface area contributed by atoms with Gasteiger partial charge in [0.05, 0.1) is 24.7 Å². The van der Waals surface area contributed by atoms with Gasteiger partial charge in [0.15, 0.2) is 0 Å². The van der Waals surface area contributed by atoms with E-state index in [4.69, 9.17) is 16.3 Å². The van der Waals surface area contributed by atoms with Crippen molar-refractivity contribution in [2.75, 3.05) is 23.0 Å². The van der Waals surface area contributed by atoms with Crippen molar-refractivity contribution in [1.82, 2.24) is 0 Å². The molecular weight excluding hydrogens is 395 g/mol. The first kappa shape index (κ1) is 21.0. The van der Waals surface area contributed by atoms with E-state index in [1.54, 1.807) is 19.1 Å². The third-order valence-electron chi connectivity index (χ3n) is 3.83. The zero-order valence-electron chi connectivity index (χ0n) is 15.1. The van der Waals surface area contributed by atoms with E-state index in [0.717, 1.165) is 22.7 Å². The van der Waals surface area contributed by atoms with Gasteiger partial charge in [-0.15, -0.1) is 0 Å². The molecule has 0 spiro atoms. The number of halogens is 2. The molecule has 0 aliphatic rings. The Kier molecular flexibility index (Phi) is 6.67. The fourth-order valence-corrected chi connectivity index (χ4v) is 4.03. The number of carbonyl (C=O) groups is 1. The standard InChI is InChI=1S/C18H20ClFN2O4S/c1-4-16(18(23)21-15-11-12(19)5-10-17(15)26-2)22(27(3,24)25)14-8-6-13(20)7-9-14/h5-11,16H,4H2,1-3H3,(H,21,23)/t16-/m1/s1. The maximum absolute atomic E-state index is 13.2. The molecular formula is C18H20ClFN2O4S. The zero-order valence-corrected chi connectivity index (χ0v) is 16.6. The van der Waals surface area contributed by atoms with Crippen molar-refractivity contribution < 1.29 is 22.3 Å². The minimum atomic E-state index is -3.81. The van der Waals surface area contributed by atoms with Crippen molar-refractivity contribution in [2.24, 2.45) is 0 Å². The maximum atomic E-state index is 13.2. The van der Waals surface area contributed by atoms with Crippen LogP contribution in [0.25, 0.3) is 0 Å². The van der Waals surface area contributed by atoms with Crippen LogP contribution in [0.3, 0.4) is 0 Å². The number of nitrogens with zero attached hydrogens (tertiary/aromatic N) is 1. The first-order valence-electron chi connectivity index (χ1n) is 8.06. The van der Waals surface area contributed by atoms with E-state index in [2.05, 4.69) is 5.32 Å². The van der Waals surface area contributed by atoms with Crippen molar-refractivity contribution >= 4 is 38.9 Å². The molecule has 6 nitrogen and oxygen atoms in total. The number of nitrogens with one attached hydrogen (secondary N) is 1. The van der Waals surface area contributed by atoms with Crippen LogP contribution in [0.2, 0.25) is 5.02 Å². The summed E-state index contributed by atoms with van der Waals surface area (Å²) in [6.07, 6.45) is 1.19. The number of hydrogen-bond acceptors (Lipinski definition) is 4. The van der Waals surface area contributed by atoms with Crippen molar-refractivity contribution in [1.29, 1.82) is 0 Å². The summed E-state index contributed by atoms with van der Waals surface area (Å²) in [7, 11) is -2.37. The molecule has 0 aromatic heterocycles. The van der Waals surface area contributed by atoms with Crippen LogP contribution in [0.1, 0.15) is 13.3 Å². The van der Waals surface area contributed by atoms with E-state index in [1.807, 2.05) is 0 Å². The first-order valence-corrected chi connectivity index (χ1v) is 10.3. The summed E-state index contributed by atoms with van der Waals surface area (Å²) in [6, 6.07) is 8.55. The molecule has 0 unspecified atom stereocenters. The fourth-order valence-electron chi connectivity index (χ4n) is 2.64. The van der Waals surface area contributed by atoms with Gasteiger partial charge in [-0.25, -0.2) is 12.8 Å². The van der Waals surface area contributed by atoms with Crippen LogP contribution in [0.15, 0.2) is 42.5 Å². The van der Waals surface area contributed by atoms with E-state index in [0.29, 0.717) is 16.5 Å². The molecule has 0 saturated carbocycles. The predicted molar refractivity (Wildman–Crippen MR) is 104 cm³/mol. The second-order valence-corrected chi connectivity index (χ2v) is 8.09. The molecule has 1 amide bonds. The molecule has 0 radical (unpaired) electrons. The van der Waals surface area contributed by atoms with Gasteiger partial charge in [-0.2, -0.15) is 0 Å². The van der Waals surface area contributed by atoms with Gasteiger partial charge in [-0.3, -0.25) is 9.10 Å². The second-order valence-electron chi connectivity index (χ2n) is 5.79. The monoisotopic (exact) mass is 414 g/mol. The highest BCUT2D eigenvalue weighted by Crippen LogP contribution is 2.29. The summed E-state index contributed by atoms with van der Waals surface area (Å²) < 4.78 is 44.1. The molecule has 0 aliphatic carbocycles. The lowest BCUT2D eigenvalue weighted by Gasteiger charge is -2.30. The quantitative estimate of drug-likeness (QED) is 0.750. The molecule has 0 heterocycles. The van der Waals surface area contributed by atoms with Gasteiger partial charge < -0.3 is 10.1 Å². The number of benzene rings is 2. The van der Waals surface area contributed by atoms with Gasteiger partial charge in [-0.1, -0.05) is 18.5 Å². The molecule has 9 heteroatoms. The molecule has 27 heavy (non-hydrogen) atoms. The van der Waals surface area contributed by atoms with Crippen LogP contribution in [0.4, 0.5) is 15.8 Å². The third-order valence-corrected chi connectivity index (χ3v) is 5.25. The van der Waals surface area contributed by atoms with Crippen molar-refractivity contribution in [2.45, 2.75) is 19.4 Å². The fraction of sp³-hybridized carbons (Fsp3) is 0.278. The summed E-state index contributed by atoms with van der Waals surface area (Å²) >= 11 is 5.97. The largest absolute Gasteiger partial charge is 0.495 e. The number of amides is 1. The van der Waals surface area contributed by atoms with Crippen molar-refractivity contribution in [3.8, 4) is 5.75 Å². The number of anilines is 2. The molecule has 0 bridgehead atoms. The highest BCUT2D eigenvalue weighted by atomic mass is 35.5. The van der Waals surface area contributed by atoms with Crippen LogP contribution in [0, 0.1) is 5.82 Å². The Morgan fingerprint density at radius 2 is 1.89 bits per heavy atom. The SMILES string of the molecule is CC[C@H](C(=O)Nc1cc(Cl)ccc1OC)N(c1ccc(F)cc1)S(C)(=O)=O. The van der Waals surface area contributed by atoms with Crippen LogP contribution in [-0.2, 0) is 14.8 Å². The van der Waals surface area contributed by atoms with E-state index in [-0.39, 0.29) is 12.1 Å². The first-order chi connectivity index (χ1) is 12.7. The normalized spacial score (nSPS) is 12.3. The van der Waals surface area contributed by atoms with E-state index in [9.17, 15) is 17.6 Å². The van der Waals surface area contributed by atoms with Crippen molar-refractivity contribution in [3.63, 3.8) is 0 Å². The highest BCUT2D eigenvalue weighted by Gasteiger charge is 2.32. The summed E-state index contributed by atoms with van der Waals surface area (Å²) in [5, 5.41) is 3.05. The number of ether oxygens (including phenoxy) is 1. The second kappa shape index (κ2) is 8.58. The number of carbonyl (C=O) groups excluding carboxylic acids is 1. The average Bonchev–Trinajstić information content (AvgIpc) is 2.59. The van der Waals surface area contributed by atoms with Crippen molar-refractivity contribution in [3.05, 3.63) is 53.3 Å². The Labute approximate surface area is 162 Å². The number of rotatable bonds is 7. The summed E-state index contributed by atoms with van der Waals surface area (Å²) in [5.41, 5.74) is 0.514. The molecule has 0 aliphatic heterocycles. The van der Waals surface area contributed by atoms with Crippen LogP contribution < -0.4 is 14.4 Å². The Bertz CT molecular complexity index is 919. The smallest absolute Gasteiger partial charge is 0.248 e. The van der Waals surface area contributed by atoms with Crippen LogP contribution >= 0.6 is 11.6 Å². The summed E-state index contributed by atoms with van der Waals surface area (Å²) in [4.78, 5) is 12.9. The molecule has 1 N–H and O–H groups in total. The molecule has 2 aromatic rings. The minimum Gasteiger partial charge on any atom is -0.495 e. The number of hydrogen-bond donors (Lipinski definition) is 1. The van der Waals surface area contributed by atoms with Gasteiger partial charge in [0.2, 0.25) is 15.9 Å². The van der Waals surface area contributed by atoms with E-state index < -0.39 is 27.8 Å². The molecule has 0 saturated heterocycles. The van der Waals surface area contributed by atoms with Gasteiger partial charge in [0, 0.05) is 5.02 Å². The minimum absolute atomic E-state index is 0.193. The highest BCUT2D eigenvalue weighted by molar-refractivity contribution is 7.92. The Balaban J connectivity index is 2.41. The van der Waals surface area contributed by atoms with Gasteiger partial charge in [0.25, 0.3) is 0 Å². The lowest BCUT2D eigenvalue weighted by atomic mass is 10.1. The van der Waals surface area contributed by atoms with Gasteiger partial charge in [0.1, 0.15) is 17.6 Å². The number of sulfonamides is 1. The zero-order chi connectivity index (χ0) is 20.2. The lowest BCUT2D eigenvalue weighted by molar-refractivity contribution is -0.117. The van der Waals surface area contributed by atoms with Gasteiger partial charge >= 0.3 is 0 Å². The van der Waals surface area contributed by atoms with Gasteiger partial charge in [-0.05, 0) is 48.9 Å². The number of methoxy groups -OCH3 is 1. The average molecular weight is 415 g/mol. The van der Waals surface area contributed by atoms with Crippen LogP contribution in [0.5, 0.6) is 5.75 Å².